The lowest BCUT2D eigenvalue weighted by molar-refractivity contribution is 0.0555. The Morgan fingerprint density at radius 2 is 1.87 bits per heavy atom. The second kappa shape index (κ2) is 8.51. The smallest absolute Gasteiger partial charge is 0.0346 e. The third-order valence-corrected chi connectivity index (χ3v) is 12.0. The van der Waals surface area contributed by atoms with Crippen molar-refractivity contribution in [2.45, 2.75) is 70.4 Å². The lowest BCUT2D eigenvalue weighted by atomic mass is 9.50. The van der Waals surface area contributed by atoms with Gasteiger partial charge in [-0.2, -0.15) is 0 Å². The number of benzene rings is 2. The van der Waals surface area contributed by atoms with Gasteiger partial charge < -0.3 is 0 Å². The molecule has 5 aliphatic rings. The first-order valence-corrected chi connectivity index (χ1v) is 15.2. The van der Waals surface area contributed by atoms with E-state index in [1.165, 1.54) is 66.8 Å². The Morgan fingerprint density at radius 1 is 0.974 bits per heavy atom. The van der Waals surface area contributed by atoms with Gasteiger partial charge in [-0.15, -0.1) is 0 Å². The molecule has 0 N–H and O–H groups in total. The Hall–Kier alpha value is -2.97. The highest BCUT2D eigenvalue weighted by molar-refractivity contribution is 5.82. The highest BCUT2D eigenvalue weighted by Gasteiger charge is 2.65. The average Bonchev–Trinajstić information content (AvgIpc) is 3.48. The van der Waals surface area contributed by atoms with Crippen LogP contribution in [0.4, 0.5) is 0 Å². The number of likely N-dealkylation sites (N-methyl/N-ethyl adjacent to an activating group) is 1. The van der Waals surface area contributed by atoms with Gasteiger partial charge in [0.25, 0.3) is 0 Å². The van der Waals surface area contributed by atoms with Crippen LogP contribution >= 0.6 is 0 Å². The summed E-state index contributed by atoms with van der Waals surface area (Å²) in [6.07, 6.45) is 23.6. The Balaban J connectivity index is 1.10. The monoisotopic (exact) mass is 512 g/mol. The van der Waals surface area contributed by atoms with Crippen LogP contribution in [0.3, 0.4) is 0 Å². The number of allylic oxidation sites excluding steroid dienone is 5. The predicted octanol–water partition coefficient (Wildman–Crippen LogP) is 8.62. The SMILES string of the molecule is CN(Cc1ccccc1)[C@@H]1C=CC2=CC3=CC[C@]4(C)[C@@H](c5ccc6ccncc6c5)CC[C@H]4[C@@]34CC[C@]2(C1)C4. The first-order chi connectivity index (χ1) is 19.0. The number of aromatic nitrogens is 1. The third kappa shape index (κ3) is 3.46. The van der Waals surface area contributed by atoms with Crippen molar-refractivity contribution < 1.29 is 0 Å². The first-order valence-electron chi connectivity index (χ1n) is 15.2. The zero-order valence-corrected chi connectivity index (χ0v) is 23.4. The summed E-state index contributed by atoms with van der Waals surface area (Å²) in [5.41, 5.74) is 7.34. The molecule has 1 aromatic heterocycles. The molecule has 2 nitrogen and oxygen atoms in total. The summed E-state index contributed by atoms with van der Waals surface area (Å²) in [6, 6.07) is 20.8. The molecule has 2 heteroatoms. The second-order valence-electron chi connectivity index (χ2n) is 13.8. The van der Waals surface area contributed by atoms with Crippen molar-refractivity contribution in [3.8, 4) is 0 Å². The third-order valence-electron chi connectivity index (χ3n) is 12.0. The molecule has 1 heterocycles. The van der Waals surface area contributed by atoms with Crippen molar-refractivity contribution in [2.24, 2.45) is 22.2 Å². The normalized spacial score (nSPS) is 36.3. The number of nitrogens with zero attached hydrogens (tertiary/aromatic N) is 2. The van der Waals surface area contributed by atoms with Crippen LogP contribution in [0.2, 0.25) is 0 Å². The molecule has 2 bridgehead atoms. The maximum absolute atomic E-state index is 4.42. The van der Waals surface area contributed by atoms with Gasteiger partial charge >= 0.3 is 0 Å². The van der Waals surface area contributed by atoms with Crippen LogP contribution < -0.4 is 0 Å². The van der Waals surface area contributed by atoms with Gasteiger partial charge in [0.05, 0.1) is 0 Å². The highest BCUT2D eigenvalue weighted by atomic mass is 15.1. The van der Waals surface area contributed by atoms with Gasteiger partial charge in [0.2, 0.25) is 0 Å². The first kappa shape index (κ1) is 23.9. The maximum Gasteiger partial charge on any atom is 0.0346 e. The van der Waals surface area contributed by atoms with Crippen molar-refractivity contribution >= 4 is 10.8 Å². The Kier molecular flexibility index (Phi) is 5.21. The van der Waals surface area contributed by atoms with Crippen molar-refractivity contribution in [3.05, 3.63) is 114 Å². The van der Waals surface area contributed by atoms with E-state index in [9.17, 15) is 0 Å². The molecule has 5 aliphatic carbocycles. The average molecular weight is 513 g/mol. The predicted molar refractivity (Wildman–Crippen MR) is 160 cm³/mol. The van der Waals surface area contributed by atoms with Crippen molar-refractivity contribution in [1.29, 1.82) is 0 Å². The Labute approximate surface area is 233 Å². The zero-order chi connectivity index (χ0) is 26.2. The van der Waals surface area contributed by atoms with E-state index >= 15 is 0 Å². The van der Waals surface area contributed by atoms with E-state index in [2.05, 4.69) is 103 Å². The second-order valence-corrected chi connectivity index (χ2v) is 13.8. The van der Waals surface area contributed by atoms with E-state index in [1.54, 1.807) is 11.1 Å². The zero-order valence-electron chi connectivity index (χ0n) is 23.4. The van der Waals surface area contributed by atoms with Gasteiger partial charge in [0.1, 0.15) is 0 Å². The highest BCUT2D eigenvalue weighted by Crippen LogP contribution is 2.74. The Bertz CT molecular complexity index is 1530. The minimum Gasteiger partial charge on any atom is -0.296 e. The summed E-state index contributed by atoms with van der Waals surface area (Å²) in [4.78, 5) is 7.00. The lowest BCUT2D eigenvalue weighted by Crippen LogP contribution is -2.46. The van der Waals surface area contributed by atoms with Crippen LogP contribution in [0.25, 0.3) is 10.8 Å². The lowest BCUT2D eigenvalue weighted by Gasteiger charge is -2.54. The van der Waals surface area contributed by atoms with Crippen LogP contribution in [-0.4, -0.2) is 23.0 Å². The van der Waals surface area contributed by atoms with Crippen LogP contribution in [0, 0.1) is 22.2 Å². The molecule has 8 rings (SSSR count). The minimum absolute atomic E-state index is 0.338. The molecule has 0 unspecified atom stereocenters. The van der Waals surface area contributed by atoms with E-state index in [1.807, 2.05) is 12.4 Å². The number of hydrogen-bond donors (Lipinski definition) is 0. The summed E-state index contributed by atoms with van der Waals surface area (Å²) >= 11 is 0. The molecule has 2 spiro atoms. The summed E-state index contributed by atoms with van der Waals surface area (Å²) < 4.78 is 0. The molecule has 0 amide bonds. The molecule has 0 saturated heterocycles. The molecule has 6 atom stereocenters. The molecule has 2 fully saturated rings. The van der Waals surface area contributed by atoms with Gasteiger partial charge in [0.15, 0.2) is 0 Å². The van der Waals surface area contributed by atoms with Crippen LogP contribution in [-0.2, 0) is 6.54 Å². The van der Waals surface area contributed by atoms with Crippen molar-refractivity contribution in [1.82, 2.24) is 9.88 Å². The van der Waals surface area contributed by atoms with E-state index in [4.69, 9.17) is 0 Å². The summed E-state index contributed by atoms with van der Waals surface area (Å²) in [5, 5.41) is 2.59. The summed E-state index contributed by atoms with van der Waals surface area (Å²) in [7, 11) is 2.32. The number of rotatable bonds is 4. The summed E-state index contributed by atoms with van der Waals surface area (Å²) in [6.45, 7) is 3.66. The Morgan fingerprint density at radius 3 is 2.77 bits per heavy atom. The molecule has 39 heavy (non-hydrogen) atoms. The van der Waals surface area contributed by atoms with Gasteiger partial charge in [0, 0.05) is 30.4 Å². The fourth-order valence-corrected chi connectivity index (χ4v) is 10.1. The van der Waals surface area contributed by atoms with Gasteiger partial charge in [-0.05, 0) is 120 Å². The van der Waals surface area contributed by atoms with E-state index in [0.717, 1.165) is 12.5 Å². The molecule has 2 saturated carbocycles. The molecule has 3 aromatic rings. The number of hydrogen-bond acceptors (Lipinski definition) is 2. The van der Waals surface area contributed by atoms with Crippen LogP contribution in [0.5, 0.6) is 0 Å². The van der Waals surface area contributed by atoms with Crippen LogP contribution in [0.15, 0.2) is 102 Å². The topological polar surface area (TPSA) is 16.1 Å². The molecule has 198 valence electrons. The van der Waals surface area contributed by atoms with Crippen LogP contribution in [0.1, 0.15) is 68.9 Å². The number of fused-ring (bicyclic) bond motifs is 2. The van der Waals surface area contributed by atoms with E-state index < -0.39 is 0 Å². The molecular weight excluding hydrogens is 472 g/mol. The number of pyridine rings is 1. The van der Waals surface area contributed by atoms with Gasteiger partial charge in [-0.25, -0.2) is 0 Å². The van der Waals surface area contributed by atoms with Gasteiger partial charge in [-0.1, -0.05) is 73.7 Å². The molecule has 0 radical (unpaired) electrons. The standard InChI is InChI=1S/C37H40N2/c1-35-16-14-31-21-30-10-11-32(39(2)24-26-6-4-3-5-7-26)22-36(30)17-18-37(31,25-36)34(35)13-12-33(35)28-9-8-27-15-19-38-23-29(27)20-28/h3-11,14-15,19-21,23,32-34H,12-13,16-18,22,24-25H2,1-2H3/t32-,33-,34-,35-,36+,37-/m1/s1. The van der Waals surface area contributed by atoms with E-state index in [0.29, 0.717) is 28.2 Å². The van der Waals surface area contributed by atoms with Crippen molar-refractivity contribution in [2.75, 3.05) is 7.05 Å². The quantitative estimate of drug-likeness (QED) is 0.348. The van der Waals surface area contributed by atoms with E-state index in [-0.39, 0.29) is 0 Å². The maximum atomic E-state index is 4.42. The fourth-order valence-electron chi connectivity index (χ4n) is 10.1. The largest absolute Gasteiger partial charge is 0.296 e. The minimum atomic E-state index is 0.338. The fraction of sp³-hybridized carbons (Fsp3) is 0.432. The van der Waals surface area contributed by atoms with Gasteiger partial charge in [-0.3, -0.25) is 9.88 Å². The molecule has 2 aromatic carbocycles. The molecular formula is C37H40N2. The molecule has 0 aliphatic heterocycles. The van der Waals surface area contributed by atoms with Crippen molar-refractivity contribution in [3.63, 3.8) is 0 Å². The summed E-state index contributed by atoms with van der Waals surface area (Å²) in [5.74, 6) is 1.42.